The summed E-state index contributed by atoms with van der Waals surface area (Å²) in [4.78, 5) is 16.8. The standard InChI is InChI=1S/C17H16ClN3O/c1-2-21-15-10-6-5-9-14(15)20-16(21)11-19-17(22)12-7-3-4-8-13(12)18/h3-10H,2,11H2,1H3,(H,19,22). The number of amides is 1. The number of hydrogen-bond acceptors (Lipinski definition) is 2. The van der Waals surface area contributed by atoms with Crippen LogP contribution in [-0.2, 0) is 13.1 Å². The zero-order valence-electron chi connectivity index (χ0n) is 12.2. The first-order chi connectivity index (χ1) is 10.7. The highest BCUT2D eigenvalue weighted by Gasteiger charge is 2.12. The highest BCUT2D eigenvalue weighted by atomic mass is 35.5. The van der Waals surface area contributed by atoms with E-state index in [0.29, 0.717) is 17.1 Å². The van der Waals surface area contributed by atoms with Crippen molar-refractivity contribution in [2.75, 3.05) is 0 Å². The molecule has 0 aliphatic heterocycles. The minimum atomic E-state index is -0.194. The summed E-state index contributed by atoms with van der Waals surface area (Å²) >= 11 is 6.04. The molecule has 3 rings (SSSR count). The smallest absolute Gasteiger partial charge is 0.253 e. The van der Waals surface area contributed by atoms with Gasteiger partial charge in [0.1, 0.15) is 5.82 Å². The summed E-state index contributed by atoms with van der Waals surface area (Å²) in [6.07, 6.45) is 0. The van der Waals surface area contributed by atoms with Crippen molar-refractivity contribution in [1.29, 1.82) is 0 Å². The van der Waals surface area contributed by atoms with Gasteiger partial charge in [-0.2, -0.15) is 0 Å². The number of para-hydroxylation sites is 2. The third-order valence-electron chi connectivity index (χ3n) is 3.58. The first kappa shape index (κ1) is 14.6. The van der Waals surface area contributed by atoms with Gasteiger partial charge < -0.3 is 9.88 Å². The second-order valence-corrected chi connectivity index (χ2v) is 5.33. The van der Waals surface area contributed by atoms with Gasteiger partial charge in [0, 0.05) is 6.54 Å². The van der Waals surface area contributed by atoms with Crippen LogP contribution in [0, 0.1) is 0 Å². The molecule has 0 fully saturated rings. The molecular formula is C17H16ClN3O. The van der Waals surface area contributed by atoms with Crippen LogP contribution in [0.4, 0.5) is 0 Å². The van der Waals surface area contributed by atoms with Crippen molar-refractivity contribution in [3.8, 4) is 0 Å². The number of imidazole rings is 1. The van der Waals surface area contributed by atoms with E-state index in [0.717, 1.165) is 23.4 Å². The van der Waals surface area contributed by atoms with E-state index in [1.807, 2.05) is 24.3 Å². The van der Waals surface area contributed by atoms with Crippen LogP contribution in [0.1, 0.15) is 23.1 Å². The van der Waals surface area contributed by atoms with E-state index in [-0.39, 0.29) is 5.91 Å². The number of rotatable bonds is 4. The lowest BCUT2D eigenvalue weighted by molar-refractivity contribution is 0.0949. The highest BCUT2D eigenvalue weighted by Crippen LogP contribution is 2.17. The lowest BCUT2D eigenvalue weighted by atomic mass is 10.2. The predicted octanol–water partition coefficient (Wildman–Crippen LogP) is 3.64. The fraction of sp³-hybridized carbons (Fsp3) is 0.176. The summed E-state index contributed by atoms with van der Waals surface area (Å²) in [6.45, 7) is 3.23. The molecule has 0 bridgehead atoms. The van der Waals surface area contributed by atoms with Gasteiger partial charge >= 0.3 is 0 Å². The normalized spacial score (nSPS) is 10.8. The number of nitrogens with one attached hydrogen (secondary N) is 1. The molecule has 1 heterocycles. The zero-order chi connectivity index (χ0) is 15.5. The molecule has 22 heavy (non-hydrogen) atoms. The summed E-state index contributed by atoms with van der Waals surface area (Å²) in [6, 6.07) is 15.0. The number of fused-ring (bicyclic) bond motifs is 1. The SMILES string of the molecule is CCn1c(CNC(=O)c2ccccc2Cl)nc2ccccc21. The molecular weight excluding hydrogens is 298 g/mol. The van der Waals surface area contributed by atoms with E-state index >= 15 is 0 Å². The Morgan fingerprint density at radius 2 is 1.91 bits per heavy atom. The van der Waals surface area contributed by atoms with Crippen molar-refractivity contribution in [2.24, 2.45) is 0 Å². The van der Waals surface area contributed by atoms with Gasteiger partial charge in [-0.05, 0) is 31.2 Å². The van der Waals surface area contributed by atoms with Crippen LogP contribution in [0.5, 0.6) is 0 Å². The minimum absolute atomic E-state index is 0.194. The molecule has 1 N–H and O–H groups in total. The molecule has 0 saturated heterocycles. The lowest BCUT2D eigenvalue weighted by Crippen LogP contribution is -2.25. The fourth-order valence-electron chi connectivity index (χ4n) is 2.51. The average Bonchev–Trinajstić information content (AvgIpc) is 2.90. The number of carbonyl (C=O) groups excluding carboxylic acids is 1. The highest BCUT2D eigenvalue weighted by molar-refractivity contribution is 6.33. The van der Waals surface area contributed by atoms with Gasteiger partial charge in [0.05, 0.1) is 28.2 Å². The largest absolute Gasteiger partial charge is 0.345 e. The summed E-state index contributed by atoms with van der Waals surface area (Å²) in [5, 5.41) is 3.33. The Kier molecular flexibility index (Phi) is 4.11. The summed E-state index contributed by atoms with van der Waals surface area (Å²) in [5.41, 5.74) is 2.49. The first-order valence-electron chi connectivity index (χ1n) is 7.17. The second-order valence-electron chi connectivity index (χ2n) is 4.92. The number of aromatic nitrogens is 2. The van der Waals surface area contributed by atoms with Crippen molar-refractivity contribution < 1.29 is 4.79 Å². The third kappa shape index (κ3) is 2.70. The molecule has 0 atom stereocenters. The summed E-state index contributed by atoms with van der Waals surface area (Å²) < 4.78 is 2.10. The number of carbonyl (C=O) groups is 1. The topological polar surface area (TPSA) is 46.9 Å². The molecule has 0 saturated carbocycles. The number of benzene rings is 2. The number of nitrogens with zero attached hydrogens (tertiary/aromatic N) is 2. The second kappa shape index (κ2) is 6.20. The molecule has 0 aliphatic carbocycles. The van der Waals surface area contributed by atoms with Gasteiger partial charge in [0.25, 0.3) is 5.91 Å². The zero-order valence-corrected chi connectivity index (χ0v) is 13.0. The van der Waals surface area contributed by atoms with Crippen LogP contribution in [0.15, 0.2) is 48.5 Å². The van der Waals surface area contributed by atoms with Gasteiger partial charge in [0.15, 0.2) is 0 Å². The maximum absolute atomic E-state index is 12.2. The van der Waals surface area contributed by atoms with Crippen molar-refractivity contribution in [3.63, 3.8) is 0 Å². The van der Waals surface area contributed by atoms with Crippen molar-refractivity contribution in [1.82, 2.24) is 14.9 Å². The van der Waals surface area contributed by atoms with E-state index in [4.69, 9.17) is 11.6 Å². The Hall–Kier alpha value is -2.33. The number of aryl methyl sites for hydroxylation is 1. The van der Waals surface area contributed by atoms with Crippen LogP contribution in [0.25, 0.3) is 11.0 Å². The Labute approximate surface area is 133 Å². The van der Waals surface area contributed by atoms with Crippen LogP contribution in [0.2, 0.25) is 5.02 Å². The van der Waals surface area contributed by atoms with Crippen LogP contribution >= 0.6 is 11.6 Å². The molecule has 0 aliphatic rings. The van der Waals surface area contributed by atoms with E-state index in [1.54, 1.807) is 24.3 Å². The Morgan fingerprint density at radius 3 is 2.68 bits per heavy atom. The van der Waals surface area contributed by atoms with Gasteiger partial charge in [-0.25, -0.2) is 4.98 Å². The van der Waals surface area contributed by atoms with Gasteiger partial charge in [-0.15, -0.1) is 0 Å². The molecule has 0 unspecified atom stereocenters. The van der Waals surface area contributed by atoms with E-state index < -0.39 is 0 Å². The van der Waals surface area contributed by atoms with Crippen LogP contribution in [-0.4, -0.2) is 15.5 Å². The quantitative estimate of drug-likeness (QED) is 0.799. The molecule has 112 valence electrons. The molecule has 1 amide bonds. The fourth-order valence-corrected chi connectivity index (χ4v) is 2.73. The van der Waals surface area contributed by atoms with Crippen LogP contribution in [0.3, 0.4) is 0 Å². The molecule has 1 aromatic heterocycles. The van der Waals surface area contributed by atoms with Gasteiger partial charge in [-0.1, -0.05) is 35.9 Å². The van der Waals surface area contributed by atoms with Gasteiger partial charge in [-0.3, -0.25) is 4.79 Å². The molecule has 2 aromatic carbocycles. The van der Waals surface area contributed by atoms with Gasteiger partial charge in [0.2, 0.25) is 0 Å². The molecule has 0 radical (unpaired) electrons. The third-order valence-corrected chi connectivity index (χ3v) is 3.90. The lowest BCUT2D eigenvalue weighted by Gasteiger charge is -2.08. The Morgan fingerprint density at radius 1 is 1.18 bits per heavy atom. The molecule has 4 nitrogen and oxygen atoms in total. The van der Waals surface area contributed by atoms with Crippen molar-refractivity contribution in [2.45, 2.75) is 20.0 Å². The monoisotopic (exact) mass is 313 g/mol. The Balaban J connectivity index is 1.82. The minimum Gasteiger partial charge on any atom is -0.345 e. The van der Waals surface area contributed by atoms with Crippen molar-refractivity contribution in [3.05, 3.63) is 64.9 Å². The van der Waals surface area contributed by atoms with E-state index in [1.165, 1.54) is 0 Å². The molecule has 0 spiro atoms. The van der Waals surface area contributed by atoms with E-state index in [9.17, 15) is 4.79 Å². The maximum Gasteiger partial charge on any atom is 0.253 e. The number of hydrogen-bond donors (Lipinski definition) is 1. The van der Waals surface area contributed by atoms with Crippen LogP contribution < -0.4 is 5.32 Å². The summed E-state index contributed by atoms with van der Waals surface area (Å²) in [7, 11) is 0. The van der Waals surface area contributed by atoms with E-state index in [2.05, 4.69) is 21.8 Å². The molecule has 3 aromatic rings. The Bertz CT molecular complexity index is 826. The average molecular weight is 314 g/mol. The predicted molar refractivity (Wildman–Crippen MR) is 88.0 cm³/mol. The maximum atomic E-state index is 12.2. The molecule has 5 heteroatoms. The summed E-state index contributed by atoms with van der Waals surface area (Å²) in [5.74, 6) is 0.643. The first-order valence-corrected chi connectivity index (χ1v) is 7.55. The van der Waals surface area contributed by atoms with Crippen molar-refractivity contribution >= 4 is 28.5 Å². The number of halogens is 1.